The highest BCUT2D eigenvalue weighted by molar-refractivity contribution is 6.34. The molecule has 0 spiro atoms. The summed E-state index contributed by atoms with van der Waals surface area (Å²) in [6.07, 6.45) is -0.130. The number of halogens is 2. The number of hydrogen-bond donors (Lipinski definition) is 2. The van der Waals surface area contributed by atoms with E-state index in [2.05, 4.69) is 5.32 Å². The van der Waals surface area contributed by atoms with Gasteiger partial charge in [-0.05, 0) is 42.7 Å². The molecule has 0 aliphatic rings. The molecule has 0 saturated heterocycles. The fourth-order valence-electron chi connectivity index (χ4n) is 2.98. The molecule has 0 unspecified atom stereocenters. The van der Waals surface area contributed by atoms with Crippen molar-refractivity contribution in [2.24, 2.45) is 0 Å². The third kappa shape index (κ3) is 7.69. The van der Waals surface area contributed by atoms with Gasteiger partial charge in [0.25, 0.3) is 0 Å². The number of rotatable bonds is 10. The Balaban J connectivity index is 2.15. The summed E-state index contributed by atoms with van der Waals surface area (Å²) in [5.74, 6) is -1.94. The van der Waals surface area contributed by atoms with Crippen molar-refractivity contribution in [2.45, 2.75) is 38.6 Å². The molecule has 0 bridgehead atoms. The van der Waals surface area contributed by atoms with Crippen molar-refractivity contribution in [3.8, 4) is 11.1 Å². The maximum absolute atomic E-state index is 12.1. The van der Waals surface area contributed by atoms with Crippen LogP contribution in [0.5, 0.6) is 0 Å². The van der Waals surface area contributed by atoms with Crippen LogP contribution in [0.4, 0.5) is 0 Å². The molecule has 0 aliphatic carbocycles. The zero-order valence-electron chi connectivity index (χ0n) is 16.5. The summed E-state index contributed by atoms with van der Waals surface area (Å²) in [5, 5.41) is 12.6. The van der Waals surface area contributed by atoms with Gasteiger partial charge >= 0.3 is 11.9 Å². The molecule has 8 heteroatoms. The van der Waals surface area contributed by atoms with Crippen LogP contribution in [0.15, 0.2) is 42.5 Å². The van der Waals surface area contributed by atoms with E-state index in [0.717, 1.165) is 16.7 Å². The fourth-order valence-corrected chi connectivity index (χ4v) is 3.48. The molecule has 6 nitrogen and oxygen atoms in total. The average molecular weight is 452 g/mol. The van der Waals surface area contributed by atoms with Gasteiger partial charge in [0.1, 0.15) is 0 Å². The van der Waals surface area contributed by atoms with Crippen LogP contribution in [-0.2, 0) is 25.5 Å². The summed E-state index contributed by atoms with van der Waals surface area (Å²) in [6, 6.07) is 12.3. The van der Waals surface area contributed by atoms with Crippen molar-refractivity contribution in [1.29, 1.82) is 0 Å². The molecule has 0 saturated carbocycles. The molecule has 0 aromatic heterocycles. The van der Waals surface area contributed by atoms with E-state index in [4.69, 9.17) is 33.0 Å². The van der Waals surface area contributed by atoms with Crippen LogP contribution in [0.2, 0.25) is 10.0 Å². The van der Waals surface area contributed by atoms with Crippen LogP contribution in [0.3, 0.4) is 0 Å². The smallest absolute Gasteiger partial charge is 0.307 e. The molecule has 1 amide bonds. The predicted molar refractivity (Wildman–Crippen MR) is 116 cm³/mol. The predicted octanol–water partition coefficient (Wildman–Crippen LogP) is 4.51. The maximum Gasteiger partial charge on any atom is 0.307 e. The quantitative estimate of drug-likeness (QED) is 0.518. The van der Waals surface area contributed by atoms with Gasteiger partial charge < -0.3 is 15.2 Å². The Morgan fingerprint density at radius 1 is 1.10 bits per heavy atom. The second kappa shape index (κ2) is 11.6. The normalized spacial score (nSPS) is 11.6. The SMILES string of the molecule is CCOC(=O)C[C@@H](Cc1ccc(-c2cccc(Cl)c2)c(Cl)c1)NC(=O)CCC(=O)O. The highest BCUT2D eigenvalue weighted by Crippen LogP contribution is 2.30. The van der Waals surface area contributed by atoms with Gasteiger partial charge in [-0.15, -0.1) is 0 Å². The summed E-state index contributed by atoms with van der Waals surface area (Å²) in [4.78, 5) is 34.7. The largest absolute Gasteiger partial charge is 0.481 e. The van der Waals surface area contributed by atoms with E-state index in [1.54, 1.807) is 19.1 Å². The minimum Gasteiger partial charge on any atom is -0.481 e. The van der Waals surface area contributed by atoms with Crippen molar-refractivity contribution in [3.63, 3.8) is 0 Å². The van der Waals surface area contributed by atoms with Gasteiger partial charge in [0.05, 0.1) is 19.4 Å². The zero-order chi connectivity index (χ0) is 22.1. The van der Waals surface area contributed by atoms with Crippen LogP contribution < -0.4 is 5.32 Å². The van der Waals surface area contributed by atoms with Crippen molar-refractivity contribution in [2.75, 3.05) is 6.61 Å². The topological polar surface area (TPSA) is 92.7 Å². The van der Waals surface area contributed by atoms with E-state index in [9.17, 15) is 14.4 Å². The molecule has 2 N–H and O–H groups in total. The second-order valence-corrected chi connectivity index (χ2v) is 7.54. The molecule has 1 atom stereocenters. The van der Waals surface area contributed by atoms with Crippen molar-refractivity contribution in [1.82, 2.24) is 5.32 Å². The number of amides is 1. The molecule has 0 radical (unpaired) electrons. The molecule has 160 valence electrons. The van der Waals surface area contributed by atoms with E-state index in [0.29, 0.717) is 16.5 Å². The van der Waals surface area contributed by atoms with Gasteiger partial charge in [0, 0.05) is 28.1 Å². The number of ether oxygens (including phenoxy) is 1. The number of carboxylic acids is 1. The lowest BCUT2D eigenvalue weighted by atomic mass is 9.99. The summed E-state index contributed by atoms with van der Waals surface area (Å²) in [6.45, 7) is 1.94. The van der Waals surface area contributed by atoms with Crippen LogP contribution in [-0.4, -0.2) is 35.6 Å². The number of carbonyl (C=O) groups is 3. The van der Waals surface area contributed by atoms with Crippen LogP contribution >= 0.6 is 23.2 Å². The van der Waals surface area contributed by atoms with E-state index in [-0.39, 0.29) is 25.9 Å². The zero-order valence-corrected chi connectivity index (χ0v) is 18.0. The number of carboxylic acid groups (broad SMARTS) is 1. The first-order valence-corrected chi connectivity index (χ1v) is 10.2. The van der Waals surface area contributed by atoms with E-state index >= 15 is 0 Å². The Hall–Kier alpha value is -2.57. The van der Waals surface area contributed by atoms with Gasteiger partial charge in [-0.2, -0.15) is 0 Å². The summed E-state index contributed by atoms with van der Waals surface area (Å²) in [5.41, 5.74) is 2.51. The monoisotopic (exact) mass is 451 g/mol. The third-order valence-corrected chi connectivity index (χ3v) is 4.85. The first kappa shape index (κ1) is 23.7. The lowest BCUT2D eigenvalue weighted by Gasteiger charge is -2.19. The molecular formula is C22H23Cl2NO5. The molecular weight excluding hydrogens is 429 g/mol. The molecule has 2 rings (SSSR count). The summed E-state index contributed by atoms with van der Waals surface area (Å²) < 4.78 is 4.98. The standard InChI is InChI=1S/C22H23Cl2NO5/c1-2-30-22(29)13-17(25-20(26)8-9-21(27)28)10-14-6-7-18(19(24)11-14)15-4-3-5-16(23)12-15/h3-7,11-12,17H,2,8-10,13H2,1H3,(H,25,26)(H,27,28)/t17-/m1/s1. The number of carbonyl (C=O) groups excluding carboxylic acids is 2. The Labute approximate surface area is 185 Å². The second-order valence-electron chi connectivity index (χ2n) is 6.70. The third-order valence-electron chi connectivity index (χ3n) is 4.30. The Kier molecular flexibility index (Phi) is 9.15. The van der Waals surface area contributed by atoms with Crippen LogP contribution in [0.25, 0.3) is 11.1 Å². The lowest BCUT2D eigenvalue weighted by molar-refractivity contribution is -0.144. The van der Waals surface area contributed by atoms with Gasteiger partial charge in [-0.25, -0.2) is 0 Å². The molecule has 2 aromatic carbocycles. The summed E-state index contributed by atoms with van der Waals surface area (Å²) >= 11 is 12.5. The molecule has 0 heterocycles. The Morgan fingerprint density at radius 3 is 2.50 bits per heavy atom. The van der Waals surface area contributed by atoms with Crippen molar-refractivity contribution in [3.05, 3.63) is 58.1 Å². The van der Waals surface area contributed by atoms with Crippen LogP contribution in [0, 0.1) is 0 Å². The number of hydrogen-bond acceptors (Lipinski definition) is 4. The molecule has 0 fully saturated rings. The van der Waals surface area contributed by atoms with E-state index in [1.807, 2.05) is 30.3 Å². The number of nitrogens with one attached hydrogen (secondary N) is 1. The van der Waals surface area contributed by atoms with Gasteiger partial charge in [0.2, 0.25) is 5.91 Å². The summed E-state index contributed by atoms with van der Waals surface area (Å²) in [7, 11) is 0. The molecule has 2 aromatic rings. The number of benzene rings is 2. The first-order chi connectivity index (χ1) is 14.3. The lowest BCUT2D eigenvalue weighted by Crippen LogP contribution is -2.38. The number of aliphatic carboxylic acids is 1. The van der Waals surface area contributed by atoms with Crippen LogP contribution in [0.1, 0.15) is 31.7 Å². The maximum atomic E-state index is 12.1. The fraction of sp³-hybridized carbons (Fsp3) is 0.318. The van der Waals surface area contributed by atoms with Gasteiger partial charge in [-0.3, -0.25) is 14.4 Å². The highest BCUT2D eigenvalue weighted by atomic mass is 35.5. The van der Waals surface area contributed by atoms with Crippen molar-refractivity contribution < 1.29 is 24.2 Å². The minimum absolute atomic E-state index is 0.0275. The van der Waals surface area contributed by atoms with Gasteiger partial charge in [-0.1, -0.05) is 47.5 Å². The first-order valence-electron chi connectivity index (χ1n) is 9.49. The van der Waals surface area contributed by atoms with E-state index < -0.39 is 23.9 Å². The van der Waals surface area contributed by atoms with Gasteiger partial charge in [0.15, 0.2) is 0 Å². The minimum atomic E-state index is -1.06. The van der Waals surface area contributed by atoms with E-state index in [1.165, 1.54) is 0 Å². The molecule has 30 heavy (non-hydrogen) atoms. The Morgan fingerprint density at radius 2 is 1.87 bits per heavy atom. The van der Waals surface area contributed by atoms with Crippen molar-refractivity contribution >= 4 is 41.0 Å². The highest BCUT2D eigenvalue weighted by Gasteiger charge is 2.19. The Bertz CT molecular complexity index is 916. The number of esters is 1. The average Bonchev–Trinajstić information content (AvgIpc) is 2.66. The molecule has 0 aliphatic heterocycles.